The van der Waals surface area contributed by atoms with Gasteiger partial charge in [-0.15, -0.1) is 0 Å². The van der Waals surface area contributed by atoms with Crippen LogP contribution in [0.5, 0.6) is 5.75 Å². The average Bonchev–Trinajstić information content (AvgIpc) is 3.72. The molecule has 3 aliphatic rings. The number of fused-ring (bicyclic) bond motifs is 1. The Balaban J connectivity index is 1.52. The van der Waals surface area contributed by atoms with E-state index >= 15 is 0 Å². The third kappa shape index (κ3) is 4.99. The number of thioether (sulfide) groups is 1. The molecular weight excluding hydrogens is 494 g/mol. The summed E-state index contributed by atoms with van der Waals surface area (Å²) in [5, 5.41) is 0. The first-order valence-corrected chi connectivity index (χ1v) is 15.5. The summed E-state index contributed by atoms with van der Waals surface area (Å²) < 4.78 is 41.2. The predicted molar refractivity (Wildman–Crippen MR) is 144 cm³/mol. The maximum absolute atomic E-state index is 14.2. The first kappa shape index (κ1) is 25.5. The minimum absolute atomic E-state index is 0.0643. The molecule has 2 fully saturated rings. The third-order valence-corrected chi connectivity index (χ3v) is 10.5. The second kappa shape index (κ2) is 10.3. The highest BCUT2D eigenvalue weighted by Gasteiger charge is 2.44. The summed E-state index contributed by atoms with van der Waals surface area (Å²) >= 11 is 1.95. The second-order valence-corrected chi connectivity index (χ2v) is 13.4. The normalized spacial score (nSPS) is 20.6. The molecule has 5 rings (SSSR count). The molecular formula is C28H35NO5S2. The number of benzene rings is 2. The summed E-state index contributed by atoms with van der Waals surface area (Å²) in [5.74, 6) is 2.84. The quantitative estimate of drug-likeness (QED) is 0.439. The molecule has 2 aliphatic heterocycles. The average molecular weight is 530 g/mol. The molecule has 1 saturated heterocycles. The summed E-state index contributed by atoms with van der Waals surface area (Å²) in [6.07, 6.45) is 5.96. The minimum Gasteiger partial charge on any atom is -0.492 e. The summed E-state index contributed by atoms with van der Waals surface area (Å²) in [7, 11) is -2.61. The number of aryl methyl sites for hydroxylation is 3. The molecule has 8 heteroatoms. The van der Waals surface area contributed by atoms with E-state index < -0.39 is 16.0 Å². The van der Waals surface area contributed by atoms with Crippen molar-refractivity contribution < 1.29 is 22.7 Å². The number of hydrogen-bond donors (Lipinski definition) is 0. The lowest BCUT2D eigenvalue weighted by Gasteiger charge is -2.39. The van der Waals surface area contributed by atoms with E-state index in [0.717, 1.165) is 72.4 Å². The van der Waals surface area contributed by atoms with Gasteiger partial charge in [-0.2, -0.15) is 11.8 Å². The van der Waals surface area contributed by atoms with Crippen LogP contribution in [0.25, 0.3) is 0 Å². The van der Waals surface area contributed by atoms with Crippen LogP contribution in [0.2, 0.25) is 0 Å². The van der Waals surface area contributed by atoms with Gasteiger partial charge < -0.3 is 9.47 Å². The number of methoxy groups -OCH3 is 1. The van der Waals surface area contributed by atoms with E-state index in [0.29, 0.717) is 24.2 Å². The Bertz CT molecular complexity index is 1250. The van der Waals surface area contributed by atoms with Gasteiger partial charge in [-0.25, -0.2) is 13.2 Å². The van der Waals surface area contributed by atoms with Gasteiger partial charge in [-0.05, 0) is 105 Å². The number of ether oxygens (including phenoxy) is 2. The van der Waals surface area contributed by atoms with Gasteiger partial charge in [0.25, 0.3) is 10.0 Å². The van der Waals surface area contributed by atoms with Crippen LogP contribution in [-0.2, 0) is 21.2 Å². The second-order valence-electron chi connectivity index (χ2n) is 10.4. The maximum Gasteiger partial charge on any atom is 0.341 e. The number of carbonyl (C=O) groups is 1. The fourth-order valence-electron chi connectivity index (χ4n) is 5.65. The number of anilines is 1. The molecule has 1 saturated carbocycles. The zero-order valence-corrected chi connectivity index (χ0v) is 22.9. The number of nitrogens with zero attached hydrogens (tertiary/aromatic N) is 1. The molecule has 0 radical (unpaired) electrons. The largest absolute Gasteiger partial charge is 0.492 e. The fourth-order valence-corrected chi connectivity index (χ4v) is 8.72. The highest BCUT2D eigenvalue weighted by molar-refractivity contribution is 7.99. The van der Waals surface area contributed by atoms with Crippen LogP contribution in [-0.4, -0.2) is 45.7 Å². The van der Waals surface area contributed by atoms with E-state index in [2.05, 4.69) is 12.1 Å². The van der Waals surface area contributed by atoms with Crippen LogP contribution >= 0.6 is 11.8 Å². The van der Waals surface area contributed by atoms with Crippen LogP contribution in [0.15, 0.2) is 35.2 Å². The van der Waals surface area contributed by atoms with Crippen molar-refractivity contribution in [2.45, 2.75) is 63.3 Å². The van der Waals surface area contributed by atoms with Crippen molar-refractivity contribution in [2.75, 3.05) is 29.5 Å². The summed E-state index contributed by atoms with van der Waals surface area (Å²) in [4.78, 5) is 12.8. The topological polar surface area (TPSA) is 72.9 Å². The number of esters is 1. The van der Waals surface area contributed by atoms with Gasteiger partial charge in [-0.3, -0.25) is 4.31 Å². The molecule has 0 aromatic heterocycles. The lowest BCUT2D eigenvalue weighted by Crippen LogP contribution is -2.45. The van der Waals surface area contributed by atoms with Gasteiger partial charge >= 0.3 is 5.97 Å². The number of sulfonamides is 1. The fraction of sp³-hybridized carbons (Fsp3) is 0.536. The zero-order chi connectivity index (χ0) is 25.4. The van der Waals surface area contributed by atoms with Gasteiger partial charge in [0.05, 0.1) is 24.3 Å². The predicted octanol–water partition coefficient (Wildman–Crippen LogP) is 5.53. The maximum atomic E-state index is 14.2. The minimum atomic E-state index is -3.91. The summed E-state index contributed by atoms with van der Waals surface area (Å²) in [6, 6.07) is 8.73. The van der Waals surface area contributed by atoms with E-state index in [9.17, 15) is 13.2 Å². The van der Waals surface area contributed by atoms with Crippen LogP contribution < -0.4 is 9.04 Å². The summed E-state index contributed by atoms with van der Waals surface area (Å²) in [5.41, 5.74) is 4.15. The zero-order valence-electron chi connectivity index (χ0n) is 21.3. The Morgan fingerprint density at radius 2 is 1.81 bits per heavy atom. The highest BCUT2D eigenvalue weighted by Crippen LogP contribution is 2.47. The lowest BCUT2D eigenvalue weighted by molar-refractivity contribution is 0.0594. The van der Waals surface area contributed by atoms with Gasteiger partial charge in [0.1, 0.15) is 11.3 Å². The lowest BCUT2D eigenvalue weighted by atomic mass is 9.92. The molecule has 2 aromatic carbocycles. The third-order valence-electron chi connectivity index (χ3n) is 7.65. The van der Waals surface area contributed by atoms with E-state index in [1.807, 2.05) is 25.6 Å². The molecule has 1 unspecified atom stereocenters. The molecule has 0 spiro atoms. The van der Waals surface area contributed by atoms with E-state index in [1.54, 1.807) is 16.4 Å². The first-order valence-electron chi connectivity index (χ1n) is 12.9. The van der Waals surface area contributed by atoms with Gasteiger partial charge in [0.2, 0.25) is 0 Å². The molecule has 2 aromatic rings. The molecule has 1 atom stereocenters. The van der Waals surface area contributed by atoms with Crippen molar-refractivity contribution in [3.05, 3.63) is 52.6 Å². The summed E-state index contributed by atoms with van der Waals surface area (Å²) in [6.45, 7) is 4.55. The Labute approximate surface area is 218 Å². The standard InChI is InChI=1S/C28H35NO5S2/c1-18-14-19(2)27-22(15-18)6-8-25(21-4-5-21)29(27)36(31,32)23-7-9-26(24(16-23)28(30)33-3)34-17-20-10-12-35-13-11-20/h7,9,14-16,20-21,25H,4-6,8,10-13,17H2,1-3H3. The van der Waals surface area contributed by atoms with Crippen molar-refractivity contribution in [2.24, 2.45) is 11.8 Å². The van der Waals surface area contributed by atoms with Gasteiger partial charge in [0.15, 0.2) is 0 Å². The molecule has 0 amide bonds. The van der Waals surface area contributed by atoms with Gasteiger partial charge in [-0.1, -0.05) is 17.7 Å². The molecule has 6 nitrogen and oxygen atoms in total. The Morgan fingerprint density at radius 3 is 2.50 bits per heavy atom. The van der Waals surface area contributed by atoms with Crippen LogP contribution in [0.1, 0.15) is 59.2 Å². The molecule has 1 aliphatic carbocycles. The monoisotopic (exact) mass is 529 g/mol. The molecule has 0 N–H and O–H groups in total. The van der Waals surface area contributed by atoms with Crippen molar-refractivity contribution >= 4 is 33.4 Å². The van der Waals surface area contributed by atoms with Crippen molar-refractivity contribution in [3.63, 3.8) is 0 Å². The van der Waals surface area contributed by atoms with E-state index in [1.165, 1.54) is 13.2 Å². The van der Waals surface area contributed by atoms with Crippen molar-refractivity contribution in [3.8, 4) is 5.75 Å². The van der Waals surface area contributed by atoms with E-state index in [4.69, 9.17) is 9.47 Å². The number of hydrogen-bond acceptors (Lipinski definition) is 6. The van der Waals surface area contributed by atoms with Crippen molar-refractivity contribution in [1.82, 2.24) is 0 Å². The molecule has 2 heterocycles. The molecule has 194 valence electrons. The van der Waals surface area contributed by atoms with Crippen LogP contribution in [0.4, 0.5) is 5.69 Å². The van der Waals surface area contributed by atoms with Gasteiger partial charge in [0, 0.05) is 6.04 Å². The molecule has 0 bridgehead atoms. The smallest absolute Gasteiger partial charge is 0.341 e. The Morgan fingerprint density at radius 1 is 1.06 bits per heavy atom. The van der Waals surface area contributed by atoms with Crippen LogP contribution in [0.3, 0.4) is 0 Å². The number of carbonyl (C=O) groups excluding carboxylic acids is 1. The van der Waals surface area contributed by atoms with E-state index in [-0.39, 0.29) is 16.5 Å². The SMILES string of the molecule is COC(=O)c1cc(S(=O)(=O)N2c3c(C)cc(C)cc3CCC2C2CC2)ccc1OCC1CCSCC1. The first-order chi connectivity index (χ1) is 17.3. The number of rotatable bonds is 7. The molecule has 36 heavy (non-hydrogen) atoms. The Kier molecular flexibility index (Phi) is 7.27. The van der Waals surface area contributed by atoms with Crippen LogP contribution in [0, 0.1) is 25.7 Å². The Hall–Kier alpha value is -2.19. The van der Waals surface area contributed by atoms with Crippen molar-refractivity contribution in [1.29, 1.82) is 0 Å². The highest BCUT2D eigenvalue weighted by atomic mass is 32.2.